The second-order valence-corrected chi connectivity index (χ2v) is 5.48. The molecule has 0 radical (unpaired) electrons. The van der Waals surface area contributed by atoms with Gasteiger partial charge in [-0.05, 0) is 13.3 Å². The number of carbonyl (C=O) groups excluding carboxylic acids is 1. The minimum atomic E-state index is -3.41. The maximum absolute atomic E-state index is 11.8. The molecule has 0 bridgehead atoms. The number of hydrogen-bond acceptors (Lipinski definition) is 5. The highest BCUT2D eigenvalue weighted by molar-refractivity contribution is 7.89. The van der Waals surface area contributed by atoms with Crippen molar-refractivity contribution in [1.29, 1.82) is 0 Å². The van der Waals surface area contributed by atoms with E-state index < -0.39 is 16.0 Å². The van der Waals surface area contributed by atoms with Gasteiger partial charge in [0.15, 0.2) is 0 Å². The van der Waals surface area contributed by atoms with Gasteiger partial charge in [0, 0.05) is 20.3 Å². The fourth-order valence-electron chi connectivity index (χ4n) is 1.27. The van der Waals surface area contributed by atoms with Crippen LogP contribution in [0.3, 0.4) is 0 Å². The van der Waals surface area contributed by atoms with Crippen molar-refractivity contribution in [3.63, 3.8) is 0 Å². The van der Waals surface area contributed by atoms with Crippen LogP contribution in [0.25, 0.3) is 0 Å². The average Bonchev–Trinajstić information content (AvgIpc) is 2.26. The highest BCUT2D eigenvalue weighted by Crippen LogP contribution is 2.03. The molecule has 0 aromatic heterocycles. The van der Waals surface area contributed by atoms with E-state index in [4.69, 9.17) is 9.47 Å². The minimum absolute atomic E-state index is 0.0198. The van der Waals surface area contributed by atoms with Gasteiger partial charge < -0.3 is 9.47 Å². The van der Waals surface area contributed by atoms with Crippen molar-refractivity contribution in [2.45, 2.75) is 20.3 Å². The summed E-state index contributed by atoms with van der Waals surface area (Å²) in [7, 11) is -1.89. The van der Waals surface area contributed by atoms with Crippen LogP contribution in [0, 0.1) is 0 Å². The monoisotopic (exact) mass is 267 g/mol. The Morgan fingerprint density at radius 3 is 2.41 bits per heavy atom. The van der Waals surface area contributed by atoms with E-state index in [0.717, 1.165) is 4.31 Å². The van der Waals surface area contributed by atoms with Crippen LogP contribution in [0.5, 0.6) is 0 Å². The zero-order valence-corrected chi connectivity index (χ0v) is 11.5. The van der Waals surface area contributed by atoms with Crippen LogP contribution in [-0.2, 0) is 24.3 Å². The number of rotatable bonds is 9. The van der Waals surface area contributed by atoms with E-state index in [9.17, 15) is 13.2 Å². The molecular formula is C10H21NO5S. The Hall–Kier alpha value is -0.660. The standard InChI is InChI=1S/C10H21NO5S/c1-4-11(9-10(12)16-5-2)17(13,14)8-6-7-15-3/h4-9H2,1-3H3. The van der Waals surface area contributed by atoms with Gasteiger partial charge in [0.2, 0.25) is 10.0 Å². The lowest BCUT2D eigenvalue weighted by Crippen LogP contribution is -2.38. The second-order valence-electron chi connectivity index (χ2n) is 3.39. The Labute approximate surface area is 103 Å². The number of ether oxygens (including phenoxy) is 2. The highest BCUT2D eigenvalue weighted by atomic mass is 32.2. The summed E-state index contributed by atoms with van der Waals surface area (Å²) >= 11 is 0. The van der Waals surface area contributed by atoms with Crippen LogP contribution < -0.4 is 0 Å². The van der Waals surface area contributed by atoms with Gasteiger partial charge in [-0.3, -0.25) is 4.79 Å². The molecule has 0 saturated heterocycles. The first-order valence-corrected chi connectivity index (χ1v) is 7.21. The molecule has 0 fully saturated rings. The highest BCUT2D eigenvalue weighted by Gasteiger charge is 2.22. The van der Waals surface area contributed by atoms with Gasteiger partial charge in [0.05, 0.1) is 12.4 Å². The SMILES string of the molecule is CCOC(=O)CN(CC)S(=O)(=O)CCCOC. The molecule has 0 N–H and O–H groups in total. The molecule has 0 amide bonds. The Balaban J connectivity index is 4.36. The summed E-state index contributed by atoms with van der Waals surface area (Å²) in [5.41, 5.74) is 0. The number of nitrogens with zero attached hydrogens (tertiary/aromatic N) is 1. The fourth-order valence-corrected chi connectivity index (χ4v) is 2.71. The first-order chi connectivity index (χ1) is 7.97. The van der Waals surface area contributed by atoms with Crippen LogP contribution in [0.1, 0.15) is 20.3 Å². The maximum Gasteiger partial charge on any atom is 0.321 e. The molecule has 0 unspecified atom stereocenters. The number of hydrogen-bond donors (Lipinski definition) is 0. The Kier molecular flexibility index (Phi) is 8.11. The molecule has 17 heavy (non-hydrogen) atoms. The quantitative estimate of drug-likeness (QED) is 0.442. The first-order valence-electron chi connectivity index (χ1n) is 5.60. The predicted molar refractivity (Wildman–Crippen MR) is 64.2 cm³/mol. The van der Waals surface area contributed by atoms with Crippen LogP contribution in [0.4, 0.5) is 0 Å². The van der Waals surface area contributed by atoms with E-state index in [2.05, 4.69) is 0 Å². The Morgan fingerprint density at radius 1 is 1.29 bits per heavy atom. The van der Waals surface area contributed by atoms with Gasteiger partial charge in [0.1, 0.15) is 6.54 Å². The van der Waals surface area contributed by atoms with Crippen molar-refractivity contribution in [2.24, 2.45) is 0 Å². The van der Waals surface area contributed by atoms with Gasteiger partial charge in [-0.2, -0.15) is 4.31 Å². The third kappa shape index (κ3) is 6.60. The second kappa shape index (κ2) is 8.43. The van der Waals surface area contributed by atoms with Crippen molar-refractivity contribution in [3.8, 4) is 0 Å². The third-order valence-electron chi connectivity index (χ3n) is 2.11. The molecule has 0 rings (SSSR count). The van der Waals surface area contributed by atoms with Crippen LogP contribution >= 0.6 is 0 Å². The van der Waals surface area contributed by atoms with Crippen LogP contribution in [0.15, 0.2) is 0 Å². The Bertz CT molecular complexity index is 315. The van der Waals surface area contributed by atoms with E-state index in [1.807, 2.05) is 0 Å². The van der Waals surface area contributed by atoms with Gasteiger partial charge in [-0.15, -0.1) is 0 Å². The predicted octanol–water partition coefficient (Wildman–Crippen LogP) is 0.238. The van der Waals surface area contributed by atoms with E-state index in [1.54, 1.807) is 13.8 Å². The summed E-state index contributed by atoms with van der Waals surface area (Å²) in [6.07, 6.45) is 0.415. The third-order valence-corrected chi connectivity index (χ3v) is 4.09. The topological polar surface area (TPSA) is 72.9 Å². The lowest BCUT2D eigenvalue weighted by atomic mass is 10.5. The van der Waals surface area contributed by atoms with Crippen molar-refractivity contribution < 1.29 is 22.7 Å². The molecule has 102 valence electrons. The molecule has 0 saturated carbocycles. The maximum atomic E-state index is 11.8. The molecule has 0 aliphatic rings. The average molecular weight is 267 g/mol. The van der Waals surface area contributed by atoms with Gasteiger partial charge in [-0.25, -0.2) is 8.42 Å². The number of esters is 1. The summed E-state index contributed by atoms with van der Waals surface area (Å²) in [6, 6.07) is 0. The van der Waals surface area contributed by atoms with Crippen molar-refractivity contribution in [3.05, 3.63) is 0 Å². The summed E-state index contributed by atoms with van der Waals surface area (Å²) in [4.78, 5) is 11.2. The molecule has 6 nitrogen and oxygen atoms in total. The molecule has 0 aliphatic carbocycles. The fraction of sp³-hybridized carbons (Fsp3) is 0.900. The van der Waals surface area contributed by atoms with Crippen molar-refractivity contribution >= 4 is 16.0 Å². The van der Waals surface area contributed by atoms with E-state index in [1.165, 1.54) is 7.11 Å². The van der Waals surface area contributed by atoms with Crippen molar-refractivity contribution in [1.82, 2.24) is 4.31 Å². The molecule has 0 aromatic carbocycles. The van der Waals surface area contributed by atoms with E-state index >= 15 is 0 Å². The molecule has 7 heteroatoms. The van der Waals surface area contributed by atoms with Crippen LogP contribution in [-0.4, -0.2) is 57.9 Å². The zero-order chi connectivity index (χ0) is 13.3. The number of methoxy groups -OCH3 is 1. The zero-order valence-electron chi connectivity index (χ0n) is 10.6. The van der Waals surface area contributed by atoms with Gasteiger partial charge in [0.25, 0.3) is 0 Å². The lowest BCUT2D eigenvalue weighted by Gasteiger charge is -2.19. The molecule has 0 heterocycles. The number of likely N-dealkylation sites (N-methyl/N-ethyl adjacent to an activating group) is 1. The molecule has 0 spiro atoms. The van der Waals surface area contributed by atoms with Gasteiger partial charge in [-0.1, -0.05) is 6.92 Å². The van der Waals surface area contributed by atoms with E-state index in [0.29, 0.717) is 13.0 Å². The smallest absolute Gasteiger partial charge is 0.321 e. The van der Waals surface area contributed by atoms with Crippen molar-refractivity contribution in [2.75, 3.05) is 39.2 Å². The van der Waals surface area contributed by atoms with Gasteiger partial charge >= 0.3 is 5.97 Å². The van der Waals surface area contributed by atoms with Crippen LogP contribution in [0.2, 0.25) is 0 Å². The summed E-state index contributed by atoms with van der Waals surface area (Å²) in [5, 5.41) is 0. The molecule has 0 aliphatic heterocycles. The largest absolute Gasteiger partial charge is 0.465 e. The number of sulfonamides is 1. The Morgan fingerprint density at radius 2 is 1.94 bits per heavy atom. The summed E-state index contributed by atoms with van der Waals surface area (Å²) in [6.45, 7) is 4.04. The molecular weight excluding hydrogens is 246 g/mol. The minimum Gasteiger partial charge on any atom is -0.465 e. The first kappa shape index (κ1) is 16.3. The lowest BCUT2D eigenvalue weighted by molar-refractivity contribution is -0.143. The summed E-state index contributed by atoms with van der Waals surface area (Å²) < 4.78 is 34.3. The summed E-state index contributed by atoms with van der Waals surface area (Å²) in [5.74, 6) is -0.543. The number of carbonyl (C=O) groups is 1. The molecule has 0 aromatic rings. The molecule has 0 atom stereocenters. The van der Waals surface area contributed by atoms with E-state index in [-0.39, 0.29) is 25.4 Å². The normalized spacial score (nSPS) is 11.8.